The first-order valence-electron chi connectivity index (χ1n) is 6.02. The van der Waals surface area contributed by atoms with Gasteiger partial charge in [-0.15, -0.1) is 11.3 Å². The number of carbonyl (C=O) groups is 1. The quantitative estimate of drug-likeness (QED) is 0.864. The molecule has 1 aromatic rings. The molecule has 0 aliphatic heterocycles. The van der Waals surface area contributed by atoms with Crippen LogP contribution in [0.3, 0.4) is 0 Å². The molecule has 2 N–H and O–H groups in total. The molecule has 0 aromatic carbocycles. The molecule has 94 valence electrons. The van der Waals surface area contributed by atoms with E-state index in [0.29, 0.717) is 6.04 Å². The first kappa shape index (κ1) is 12.5. The second-order valence-corrected chi connectivity index (χ2v) is 5.69. The molecule has 2 rings (SSSR count). The van der Waals surface area contributed by atoms with Crippen LogP contribution < -0.4 is 5.32 Å². The Balaban J connectivity index is 1.73. The van der Waals surface area contributed by atoms with Crippen molar-refractivity contribution in [2.24, 2.45) is 5.92 Å². The van der Waals surface area contributed by atoms with Crippen molar-refractivity contribution in [1.29, 1.82) is 0 Å². The number of carboxylic acid groups (broad SMARTS) is 1. The molecule has 4 nitrogen and oxygen atoms in total. The van der Waals surface area contributed by atoms with E-state index in [1.807, 2.05) is 6.92 Å². The van der Waals surface area contributed by atoms with Gasteiger partial charge in [0.1, 0.15) is 0 Å². The molecule has 1 aliphatic rings. The van der Waals surface area contributed by atoms with E-state index in [1.54, 1.807) is 11.3 Å². The normalized spacial score (nSPS) is 24.8. The van der Waals surface area contributed by atoms with Crippen LogP contribution >= 0.6 is 11.3 Å². The van der Waals surface area contributed by atoms with Gasteiger partial charge in [0.05, 0.1) is 16.6 Å². The molecule has 1 saturated carbocycles. The fourth-order valence-electron chi connectivity index (χ4n) is 2.28. The molecule has 1 heterocycles. The van der Waals surface area contributed by atoms with Crippen molar-refractivity contribution in [3.63, 3.8) is 0 Å². The average molecular weight is 254 g/mol. The van der Waals surface area contributed by atoms with Crippen molar-refractivity contribution in [3.8, 4) is 0 Å². The van der Waals surface area contributed by atoms with Crippen molar-refractivity contribution in [2.75, 3.05) is 0 Å². The minimum absolute atomic E-state index is 0.130. The van der Waals surface area contributed by atoms with Crippen LogP contribution in [-0.4, -0.2) is 22.1 Å². The molecule has 1 fully saturated rings. The summed E-state index contributed by atoms with van der Waals surface area (Å²) < 4.78 is 0. The minimum atomic E-state index is -0.640. The SMILES string of the molecule is Cc1nc(CNC2CCC(C(=O)O)CC2)cs1. The molecule has 5 heteroatoms. The molecular formula is C12H18N2O2S. The fraction of sp³-hybridized carbons (Fsp3) is 0.667. The number of hydrogen-bond donors (Lipinski definition) is 2. The lowest BCUT2D eigenvalue weighted by molar-refractivity contribution is -0.142. The number of thiazole rings is 1. The number of nitrogens with zero attached hydrogens (tertiary/aromatic N) is 1. The summed E-state index contributed by atoms with van der Waals surface area (Å²) in [7, 11) is 0. The molecule has 0 unspecified atom stereocenters. The summed E-state index contributed by atoms with van der Waals surface area (Å²) in [5.41, 5.74) is 1.09. The van der Waals surface area contributed by atoms with Crippen molar-refractivity contribution < 1.29 is 9.90 Å². The smallest absolute Gasteiger partial charge is 0.306 e. The fourth-order valence-corrected chi connectivity index (χ4v) is 2.90. The predicted octanol–water partition coefficient (Wildman–Crippen LogP) is 2.18. The Labute approximate surface area is 105 Å². The maximum Gasteiger partial charge on any atom is 0.306 e. The Kier molecular flexibility index (Phi) is 4.12. The zero-order chi connectivity index (χ0) is 12.3. The van der Waals surface area contributed by atoms with Crippen molar-refractivity contribution in [3.05, 3.63) is 16.1 Å². The minimum Gasteiger partial charge on any atom is -0.481 e. The van der Waals surface area contributed by atoms with E-state index in [1.165, 1.54) is 0 Å². The van der Waals surface area contributed by atoms with Crippen LogP contribution in [-0.2, 0) is 11.3 Å². The van der Waals surface area contributed by atoms with Crippen LogP contribution in [0.15, 0.2) is 5.38 Å². The standard InChI is InChI=1S/C12H18N2O2S/c1-8-14-11(7-17-8)6-13-10-4-2-9(3-5-10)12(15)16/h7,9-10,13H,2-6H2,1H3,(H,15,16). The van der Waals surface area contributed by atoms with Gasteiger partial charge in [-0.1, -0.05) is 0 Å². The van der Waals surface area contributed by atoms with E-state index in [-0.39, 0.29) is 5.92 Å². The molecule has 0 saturated heterocycles. The lowest BCUT2D eigenvalue weighted by atomic mass is 9.86. The maximum atomic E-state index is 10.8. The zero-order valence-electron chi connectivity index (χ0n) is 9.98. The van der Waals surface area contributed by atoms with Gasteiger partial charge in [0, 0.05) is 18.0 Å². The van der Waals surface area contributed by atoms with Gasteiger partial charge in [-0.3, -0.25) is 4.79 Å². The van der Waals surface area contributed by atoms with E-state index < -0.39 is 5.97 Å². The van der Waals surface area contributed by atoms with E-state index in [9.17, 15) is 4.79 Å². The van der Waals surface area contributed by atoms with Gasteiger partial charge < -0.3 is 10.4 Å². The highest BCUT2D eigenvalue weighted by Gasteiger charge is 2.25. The number of rotatable bonds is 4. The summed E-state index contributed by atoms with van der Waals surface area (Å²) in [4.78, 5) is 15.2. The van der Waals surface area contributed by atoms with Gasteiger partial charge >= 0.3 is 5.97 Å². The predicted molar refractivity (Wildman–Crippen MR) is 67.1 cm³/mol. The Morgan fingerprint density at radius 3 is 2.76 bits per heavy atom. The molecule has 0 atom stereocenters. The summed E-state index contributed by atoms with van der Waals surface area (Å²) >= 11 is 1.67. The first-order valence-corrected chi connectivity index (χ1v) is 6.90. The van der Waals surface area contributed by atoms with Gasteiger partial charge in [0.25, 0.3) is 0 Å². The van der Waals surface area contributed by atoms with Crippen LogP contribution in [0.25, 0.3) is 0 Å². The zero-order valence-corrected chi connectivity index (χ0v) is 10.8. The third-order valence-corrected chi connectivity index (χ3v) is 4.14. The number of aromatic nitrogens is 1. The average Bonchev–Trinajstić information content (AvgIpc) is 2.73. The highest BCUT2D eigenvalue weighted by molar-refractivity contribution is 7.09. The largest absolute Gasteiger partial charge is 0.481 e. The Bertz CT molecular complexity index is 384. The maximum absolute atomic E-state index is 10.8. The van der Waals surface area contributed by atoms with Crippen LogP contribution in [0, 0.1) is 12.8 Å². The van der Waals surface area contributed by atoms with Crippen molar-refractivity contribution in [2.45, 2.75) is 45.2 Å². The molecule has 17 heavy (non-hydrogen) atoms. The van der Waals surface area contributed by atoms with Crippen LogP contribution in [0.5, 0.6) is 0 Å². The van der Waals surface area contributed by atoms with Crippen molar-refractivity contribution in [1.82, 2.24) is 10.3 Å². The van der Waals surface area contributed by atoms with Crippen LogP contribution in [0.4, 0.5) is 0 Å². The van der Waals surface area contributed by atoms with Gasteiger partial charge in [-0.2, -0.15) is 0 Å². The highest BCUT2D eigenvalue weighted by atomic mass is 32.1. The van der Waals surface area contributed by atoms with Crippen molar-refractivity contribution >= 4 is 17.3 Å². The summed E-state index contributed by atoms with van der Waals surface area (Å²) in [5.74, 6) is -0.770. The molecule has 0 bridgehead atoms. The van der Waals surface area contributed by atoms with E-state index in [2.05, 4.69) is 15.7 Å². The summed E-state index contributed by atoms with van der Waals surface area (Å²) in [5, 5.41) is 15.5. The Morgan fingerprint density at radius 1 is 1.53 bits per heavy atom. The Morgan fingerprint density at radius 2 is 2.24 bits per heavy atom. The van der Waals surface area contributed by atoms with E-state index in [0.717, 1.165) is 42.9 Å². The lowest BCUT2D eigenvalue weighted by Gasteiger charge is -2.26. The number of carboxylic acids is 1. The van der Waals surface area contributed by atoms with E-state index >= 15 is 0 Å². The lowest BCUT2D eigenvalue weighted by Crippen LogP contribution is -2.34. The second-order valence-electron chi connectivity index (χ2n) is 4.63. The molecule has 0 spiro atoms. The Hall–Kier alpha value is -0.940. The number of aliphatic carboxylic acids is 1. The van der Waals surface area contributed by atoms with Gasteiger partial charge in [-0.05, 0) is 32.6 Å². The van der Waals surface area contributed by atoms with Crippen LogP contribution in [0.1, 0.15) is 36.4 Å². The van der Waals surface area contributed by atoms with Gasteiger partial charge in [-0.25, -0.2) is 4.98 Å². The summed E-state index contributed by atoms with van der Waals surface area (Å²) in [6.45, 7) is 2.80. The van der Waals surface area contributed by atoms with Gasteiger partial charge in [0.15, 0.2) is 0 Å². The number of hydrogen-bond acceptors (Lipinski definition) is 4. The van der Waals surface area contributed by atoms with Crippen LogP contribution in [0.2, 0.25) is 0 Å². The molecule has 0 radical (unpaired) electrons. The third-order valence-electron chi connectivity index (χ3n) is 3.31. The number of nitrogens with one attached hydrogen (secondary N) is 1. The molecular weight excluding hydrogens is 236 g/mol. The first-order chi connectivity index (χ1) is 8.15. The van der Waals surface area contributed by atoms with Gasteiger partial charge in [0.2, 0.25) is 0 Å². The molecule has 0 amide bonds. The topological polar surface area (TPSA) is 62.2 Å². The third kappa shape index (κ3) is 3.51. The molecule has 1 aromatic heterocycles. The summed E-state index contributed by atoms with van der Waals surface area (Å²) in [6.07, 6.45) is 3.51. The van der Waals surface area contributed by atoms with E-state index in [4.69, 9.17) is 5.11 Å². The summed E-state index contributed by atoms with van der Waals surface area (Å²) in [6, 6.07) is 0.451. The second kappa shape index (κ2) is 5.60. The number of aryl methyl sites for hydroxylation is 1. The monoisotopic (exact) mass is 254 g/mol. The highest BCUT2D eigenvalue weighted by Crippen LogP contribution is 2.24. The molecule has 1 aliphatic carbocycles.